The van der Waals surface area contributed by atoms with Gasteiger partial charge in [0.15, 0.2) is 0 Å². The summed E-state index contributed by atoms with van der Waals surface area (Å²) in [6, 6.07) is 3.46. The van der Waals surface area contributed by atoms with Crippen LogP contribution in [0.1, 0.15) is 11.7 Å². The molecule has 2 rings (SSSR count). The number of carboxylic acid groups (broad SMARTS) is 1. The molecule has 0 radical (unpaired) electrons. The first-order chi connectivity index (χ1) is 7.66. The Hall–Kier alpha value is -1.33. The lowest BCUT2D eigenvalue weighted by Crippen LogP contribution is -2.41. The van der Waals surface area contributed by atoms with E-state index in [1.165, 1.54) is 4.90 Å². The molecule has 16 heavy (non-hydrogen) atoms. The molecule has 1 saturated heterocycles. The smallest absolute Gasteiger partial charge is 0.407 e. The normalized spacial score (nSPS) is 20.8. The molecule has 1 N–H and O–H groups in total. The summed E-state index contributed by atoms with van der Waals surface area (Å²) in [5, 5.41) is 9.29. The van der Waals surface area contributed by atoms with Gasteiger partial charge in [-0.25, -0.2) is 9.78 Å². The molecule has 1 unspecified atom stereocenters. The van der Waals surface area contributed by atoms with Gasteiger partial charge in [0.25, 0.3) is 0 Å². The van der Waals surface area contributed by atoms with Gasteiger partial charge >= 0.3 is 6.09 Å². The number of hydrogen-bond donors (Lipinski definition) is 1. The molecule has 1 atom stereocenters. The molecule has 1 aliphatic heterocycles. The largest absolute Gasteiger partial charge is 0.465 e. The highest BCUT2D eigenvalue weighted by Gasteiger charge is 2.25. The number of amides is 1. The van der Waals surface area contributed by atoms with Crippen molar-refractivity contribution in [2.45, 2.75) is 6.10 Å². The van der Waals surface area contributed by atoms with Gasteiger partial charge in [-0.15, -0.1) is 0 Å². The first-order valence-corrected chi connectivity index (χ1v) is 5.25. The van der Waals surface area contributed by atoms with Crippen molar-refractivity contribution < 1.29 is 14.6 Å². The van der Waals surface area contributed by atoms with Gasteiger partial charge in [-0.05, 0) is 6.07 Å². The Bertz CT molecular complexity index is 382. The van der Waals surface area contributed by atoms with E-state index in [1.54, 1.807) is 18.3 Å². The molecule has 1 aliphatic rings. The average Bonchev–Trinajstić information content (AvgIpc) is 2.30. The van der Waals surface area contributed by atoms with Gasteiger partial charge in [0.1, 0.15) is 11.3 Å². The van der Waals surface area contributed by atoms with E-state index in [2.05, 4.69) is 4.98 Å². The second-order valence-electron chi connectivity index (χ2n) is 3.50. The van der Waals surface area contributed by atoms with E-state index >= 15 is 0 Å². The van der Waals surface area contributed by atoms with Crippen LogP contribution in [0.5, 0.6) is 0 Å². The number of pyridine rings is 1. The SMILES string of the molecule is O=C(O)N1CCOC(c2ccc(Cl)nc2)C1. The third kappa shape index (κ3) is 2.43. The van der Waals surface area contributed by atoms with Crippen LogP contribution in [-0.4, -0.2) is 40.8 Å². The lowest BCUT2D eigenvalue weighted by Gasteiger charge is -2.31. The zero-order chi connectivity index (χ0) is 11.5. The average molecular weight is 243 g/mol. The van der Waals surface area contributed by atoms with E-state index in [9.17, 15) is 4.79 Å². The molecule has 0 aliphatic carbocycles. The number of halogens is 1. The first-order valence-electron chi connectivity index (χ1n) is 4.88. The lowest BCUT2D eigenvalue weighted by molar-refractivity contribution is -0.0233. The van der Waals surface area contributed by atoms with Crippen LogP contribution in [-0.2, 0) is 4.74 Å². The zero-order valence-electron chi connectivity index (χ0n) is 8.47. The second kappa shape index (κ2) is 4.67. The lowest BCUT2D eigenvalue weighted by atomic mass is 10.1. The molecule has 0 bridgehead atoms. The molecule has 5 nitrogen and oxygen atoms in total. The van der Waals surface area contributed by atoms with Crippen molar-refractivity contribution >= 4 is 17.7 Å². The van der Waals surface area contributed by atoms with Crippen LogP contribution in [0.4, 0.5) is 4.79 Å². The fraction of sp³-hybridized carbons (Fsp3) is 0.400. The molecule has 1 aromatic heterocycles. The molecule has 0 aromatic carbocycles. The molecule has 6 heteroatoms. The van der Waals surface area contributed by atoms with Crippen LogP contribution in [0, 0.1) is 0 Å². The standard InChI is InChI=1S/C10H11ClN2O3/c11-9-2-1-7(5-12-9)8-6-13(10(14)15)3-4-16-8/h1-2,5,8H,3-4,6H2,(H,14,15). The Kier molecular flexibility index (Phi) is 3.26. The van der Waals surface area contributed by atoms with Gasteiger partial charge in [-0.3, -0.25) is 0 Å². The monoisotopic (exact) mass is 242 g/mol. The molecule has 1 aromatic rings. The fourth-order valence-electron chi connectivity index (χ4n) is 1.60. The minimum Gasteiger partial charge on any atom is -0.465 e. The number of aromatic nitrogens is 1. The van der Waals surface area contributed by atoms with Crippen LogP contribution < -0.4 is 0 Å². The summed E-state index contributed by atoms with van der Waals surface area (Å²) in [5.74, 6) is 0. The molecule has 0 spiro atoms. The van der Waals surface area contributed by atoms with E-state index in [0.29, 0.717) is 24.8 Å². The van der Waals surface area contributed by atoms with Gasteiger partial charge in [0.05, 0.1) is 13.2 Å². The van der Waals surface area contributed by atoms with Crippen molar-refractivity contribution in [3.63, 3.8) is 0 Å². The highest BCUT2D eigenvalue weighted by molar-refractivity contribution is 6.29. The Morgan fingerprint density at radius 2 is 2.44 bits per heavy atom. The maximum Gasteiger partial charge on any atom is 0.407 e. The minimum atomic E-state index is -0.921. The number of carbonyl (C=O) groups is 1. The summed E-state index contributed by atoms with van der Waals surface area (Å²) < 4.78 is 5.50. The van der Waals surface area contributed by atoms with Gasteiger partial charge < -0.3 is 14.7 Å². The van der Waals surface area contributed by atoms with Gasteiger partial charge in [0.2, 0.25) is 0 Å². The van der Waals surface area contributed by atoms with E-state index in [4.69, 9.17) is 21.4 Å². The highest BCUT2D eigenvalue weighted by Crippen LogP contribution is 2.22. The maximum atomic E-state index is 10.8. The summed E-state index contributed by atoms with van der Waals surface area (Å²) in [6.45, 7) is 1.14. The summed E-state index contributed by atoms with van der Waals surface area (Å²) >= 11 is 5.67. The Morgan fingerprint density at radius 1 is 1.62 bits per heavy atom. The topological polar surface area (TPSA) is 62.7 Å². The van der Waals surface area contributed by atoms with E-state index in [1.807, 2.05) is 0 Å². The second-order valence-corrected chi connectivity index (χ2v) is 3.89. The van der Waals surface area contributed by atoms with Crippen LogP contribution in [0.15, 0.2) is 18.3 Å². The highest BCUT2D eigenvalue weighted by atomic mass is 35.5. The van der Waals surface area contributed by atoms with Crippen molar-refractivity contribution in [1.82, 2.24) is 9.88 Å². The summed E-state index contributed by atoms with van der Waals surface area (Å²) in [5.41, 5.74) is 0.843. The zero-order valence-corrected chi connectivity index (χ0v) is 9.22. The summed E-state index contributed by atoms with van der Waals surface area (Å²) in [6.07, 6.45) is 0.433. The van der Waals surface area contributed by atoms with Gasteiger partial charge in [-0.1, -0.05) is 17.7 Å². The molecule has 1 amide bonds. The molecular weight excluding hydrogens is 232 g/mol. The van der Waals surface area contributed by atoms with Crippen LogP contribution in [0.25, 0.3) is 0 Å². The predicted molar refractivity (Wildman–Crippen MR) is 57.5 cm³/mol. The molecule has 2 heterocycles. The van der Waals surface area contributed by atoms with Gasteiger partial charge in [-0.2, -0.15) is 0 Å². The number of rotatable bonds is 1. The molecular formula is C10H11ClN2O3. The Balaban J connectivity index is 2.09. The Morgan fingerprint density at radius 3 is 3.06 bits per heavy atom. The molecule has 86 valence electrons. The first kappa shape index (κ1) is 11.2. The van der Waals surface area contributed by atoms with Crippen molar-refractivity contribution in [3.05, 3.63) is 29.0 Å². The maximum absolute atomic E-state index is 10.8. The van der Waals surface area contributed by atoms with Crippen molar-refractivity contribution in [3.8, 4) is 0 Å². The Labute approximate surface area is 97.6 Å². The number of ether oxygens (including phenoxy) is 1. The van der Waals surface area contributed by atoms with Crippen LogP contribution in [0.2, 0.25) is 5.15 Å². The number of morpholine rings is 1. The van der Waals surface area contributed by atoms with Crippen molar-refractivity contribution in [2.75, 3.05) is 19.7 Å². The summed E-state index contributed by atoms with van der Waals surface area (Å²) in [7, 11) is 0. The van der Waals surface area contributed by atoms with Crippen LogP contribution in [0.3, 0.4) is 0 Å². The van der Waals surface area contributed by atoms with E-state index in [0.717, 1.165) is 5.56 Å². The van der Waals surface area contributed by atoms with Crippen molar-refractivity contribution in [2.24, 2.45) is 0 Å². The molecule has 0 saturated carbocycles. The summed E-state index contributed by atoms with van der Waals surface area (Å²) in [4.78, 5) is 16.1. The van der Waals surface area contributed by atoms with E-state index in [-0.39, 0.29) is 6.10 Å². The van der Waals surface area contributed by atoms with Crippen molar-refractivity contribution in [1.29, 1.82) is 0 Å². The predicted octanol–water partition coefficient (Wildman–Crippen LogP) is 1.79. The third-order valence-electron chi connectivity index (χ3n) is 2.46. The minimum absolute atomic E-state index is 0.255. The number of hydrogen-bond acceptors (Lipinski definition) is 3. The molecule has 1 fully saturated rings. The van der Waals surface area contributed by atoms with Gasteiger partial charge in [0, 0.05) is 18.3 Å². The number of nitrogens with zero attached hydrogens (tertiary/aromatic N) is 2. The fourth-order valence-corrected chi connectivity index (χ4v) is 1.71. The third-order valence-corrected chi connectivity index (χ3v) is 2.68. The van der Waals surface area contributed by atoms with E-state index < -0.39 is 6.09 Å². The quantitative estimate of drug-likeness (QED) is 0.763. The van der Waals surface area contributed by atoms with Crippen LogP contribution >= 0.6 is 11.6 Å².